The molecule has 5 heteroatoms. The van der Waals surface area contributed by atoms with Crippen LogP contribution in [0.4, 0.5) is 5.69 Å². The molecule has 4 rings (SSSR count). The van der Waals surface area contributed by atoms with E-state index in [-0.39, 0.29) is 18.3 Å². The predicted molar refractivity (Wildman–Crippen MR) is 97.3 cm³/mol. The van der Waals surface area contributed by atoms with Crippen molar-refractivity contribution in [1.82, 2.24) is 5.32 Å². The summed E-state index contributed by atoms with van der Waals surface area (Å²) in [5, 5.41) is 6.30. The minimum absolute atomic E-state index is 0. The van der Waals surface area contributed by atoms with Crippen LogP contribution < -0.4 is 15.4 Å². The van der Waals surface area contributed by atoms with Gasteiger partial charge >= 0.3 is 0 Å². The first-order valence-corrected chi connectivity index (χ1v) is 8.19. The molecule has 0 radical (unpaired) electrons. The Labute approximate surface area is 148 Å². The van der Waals surface area contributed by atoms with Gasteiger partial charge in [-0.05, 0) is 60.7 Å². The van der Waals surface area contributed by atoms with E-state index >= 15 is 0 Å². The second-order valence-electron chi connectivity index (χ2n) is 6.14. The van der Waals surface area contributed by atoms with Gasteiger partial charge in [0.05, 0.1) is 0 Å². The molecule has 2 aromatic carbocycles. The van der Waals surface area contributed by atoms with Crippen molar-refractivity contribution in [3.63, 3.8) is 0 Å². The monoisotopic (exact) mass is 344 g/mol. The first kappa shape index (κ1) is 16.8. The number of halogens is 1. The summed E-state index contributed by atoms with van der Waals surface area (Å²) in [7, 11) is 0. The highest BCUT2D eigenvalue weighted by molar-refractivity contribution is 6.04. The Morgan fingerprint density at radius 2 is 1.92 bits per heavy atom. The van der Waals surface area contributed by atoms with Crippen LogP contribution in [0.1, 0.15) is 33.5 Å². The lowest BCUT2D eigenvalue weighted by Crippen LogP contribution is -2.16. The highest BCUT2D eigenvalue weighted by atomic mass is 35.5. The van der Waals surface area contributed by atoms with Crippen LogP contribution >= 0.6 is 12.4 Å². The molecule has 1 amide bonds. The van der Waals surface area contributed by atoms with E-state index in [4.69, 9.17) is 4.74 Å². The largest absolute Gasteiger partial charge is 0.492 e. The van der Waals surface area contributed by atoms with Crippen LogP contribution in [0.3, 0.4) is 0 Å². The lowest BCUT2D eigenvalue weighted by molar-refractivity contribution is 0.102. The summed E-state index contributed by atoms with van der Waals surface area (Å²) in [6, 6.07) is 11.9. The molecule has 0 fully saturated rings. The molecule has 0 aromatic heterocycles. The Hall–Kier alpha value is -2.04. The third-order valence-electron chi connectivity index (χ3n) is 4.53. The number of rotatable bonds is 2. The molecule has 4 nitrogen and oxygen atoms in total. The average Bonchev–Trinajstić information content (AvgIpc) is 2.91. The number of anilines is 1. The van der Waals surface area contributed by atoms with Crippen molar-refractivity contribution >= 4 is 24.0 Å². The van der Waals surface area contributed by atoms with Gasteiger partial charge in [0.2, 0.25) is 0 Å². The van der Waals surface area contributed by atoms with Crippen LogP contribution in [0, 0.1) is 0 Å². The number of nitrogens with one attached hydrogen (secondary N) is 2. The zero-order valence-electron chi connectivity index (χ0n) is 13.4. The van der Waals surface area contributed by atoms with Crippen LogP contribution in [0.15, 0.2) is 36.4 Å². The maximum atomic E-state index is 12.5. The summed E-state index contributed by atoms with van der Waals surface area (Å²) < 4.78 is 5.67. The second kappa shape index (κ2) is 7.24. The summed E-state index contributed by atoms with van der Waals surface area (Å²) in [5.74, 6) is 0.840. The number of fused-ring (bicyclic) bond motifs is 2. The molecular formula is C19H21ClN2O2. The van der Waals surface area contributed by atoms with E-state index in [0.717, 1.165) is 48.5 Å². The third-order valence-corrected chi connectivity index (χ3v) is 4.53. The Balaban J connectivity index is 0.00000169. The average molecular weight is 345 g/mol. The van der Waals surface area contributed by atoms with Crippen LogP contribution in [-0.2, 0) is 19.4 Å². The van der Waals surface area contributed by atoms with E-state index in [0.29, 0.717) is 6.61 Å². The maximum Gasteiger partial charge on any atom is 0.255 e. The fraction of sp³-hybridized carbons (Fsp3) is 0.316. The Morgan fingerprint density at radius 1 is 1.04 bits per heavy atom. The van der Waals surface area contributed by atoms with Gasteiger partial charge in [-0.1, -0.05) is 6.07 Å². The van der Waals surface area contributed by atoms with Gasteiger partial charge in [-0.15, -0.1) is 12.4 Å². The molecule has 0 spiro atoms. The summed E-state index contributed by atoms with van der Waals surface area (Å²) in [4.78, 5) is 12.5. The Morgan fingerprint density at radius 3 is 2.83 bits per heavy atom. The molecule has 1 aliphatic carbocycles. The highest BCUT2D eigenvalue weighted by Crippen LogP contribution is 2.26. The predicted octanol–water partition coefficient (Wildman–Crippen LogP) is 3.33. The van der Waals surface area contributed by atoms with Gasteiger partial charge in [0.15, 0.2) is 0 Å². The summed E-state index contributed by atoms with van der Waals surface area (Å²) in [6.45, 7) is 2.28. The van der Waals surface area contributed by atoms with Gasteiger partial charge in [-0.25, -0.2) is 0 Å². The van der Waals surface area contributed by atoms with Crippen molar-refractivity contribution in [2.75, 3.05) is 18.5 Å². The molecule has 1 heterocycles. The number of carbonyl (C=O) groups excluding carboxylic acids is 1. The van der Waals surface area contributed by atoms with Crippen molar-refractivity contribution in [3.8, 4) is 5.75 Å². The normalized spacial score (nSPS) is 15.3. The number of amides is 1. The minimum atomic E-state index is -0.0536. The van der Waals surface area contributed by atoms with Crippen molar-refractivity contribution in [2.24, 2.45) is 0 Å². The first-order chi connectivity index (χ1) is 11.3. The first-order valence-electron chi connectivity index (χ1n) is 8.19. The van der Waals surface area contributed by atoms with Gasteiger partial charge in [-0.2, -0.15) is 0 Å². The number of aryl methyl sites for hydroxylation is 2. The zero-order chi connectivity index (χ0) is 15.6. The van der Waals surface area contributed by atoms with Gasteiger partial charge in [0, 0.05) is 29.9 Å². The van der Waals surface area contributed by atoms with E-state index in [9.17, 15) is 4.79 Å². The topological polar surface area (TPSA) is 50.4 Å². The lowest BCUT2D eigenvalue weighted by Gasteiger charge is -2.11. The van der Waals surface area contributed by atoms with Crippen molar-refractivity contribution in [2.45, 2.75) is 25.8 Å². The molecule has 0 atom stereocenters. The van der Waals surface area contributed by atoms with Crippen LogP contribution in [0.5, 0.6) is 5.75 Å². The molecule has 1 aliphatic heterocycles. The minimum Gasteiger partial charge on any atom is -0.492 e. The zero-order valence-corrected chi connectivity index (χ0v) is 14.2. The number of hydrogen-bond acceptors (Lipinski definition) is 3. The van der Waals surface area contributed by atoms with Crippen LogP contribution in [0.2, 0.25) is 0 Å². The molecule has 126 valence electrons. The fourth-order valence-corrected chi connectivity index (χ4v) is 3.31. The van der Waals surface area contributed by atoms with Gasteiger partial charge < -0.3 is 15.4 Å². The lowest BCUT2D eigenvalue weighted by atomic mass is 10.1. The second-order valence-corrected chi connectivity index (χ2v) is 6.14. The smallest absolute Gasteiger partial charge is 0.255 e. The number of hydrogen-bond donors (Lipinski definition) is 2. The van der Waals surface area contributed by atoms with Crippen molar-refractivity contribution in [3.05, 3.63) is 58.7 Å². The van der Waals surface area contributed by atoms with E-state index in [2.05, 4.69) is 16.7 Å². The molecule has 0 saturated carbocycles. The summed E-state index contributed by atoms with van der Waals surface area (Å²) in [5.41, 5.74) is 5.32. The van der Waals surface area contributed by atoms with E-state index in [1.807, 2.05) is 30.3 Å². The van der Waals surface area contributed by atoms with E-state index in [1.54, 1.807) is 0 Å². The van der Waals surface area contributed by atoms with E-state index < -0.39 is 0 Å². The summed E-state index contributed by atoms with van der Waals surface area (Å²) >= 11 is 0. The Bertz CT molecular complexity index is 761. The maximum absolute atomic E-state index is 12.5. The highest BCUT2D eigenvalue weighted by Gasteiger charge is 2.15. The van der Waals surface area contributed by atoms with Crippen molar-refractivity contribution in [1.29, 1.82) is 0 Å². The van der Waals surface area contributed by atoms with Crippen molar-refractivity contribution < 1.29 is 9.53 Å². The van der Waals surface area contributed by atoms with Gasteiger partial charge in [0.25, 0.3) is 5.91 Å². The standard InChI is InChI=1S/C19H20N2O2.ClH/c22-19(15-5-4-13-2-1-3-14(13)10-15)21-17-6-7-18-16(11-17)12-20-8-9-23-18;/h4-7,10-11,20H,1-3,8-9,12H2,(H,21,22);1H. The fourth-order valence-electron chi connectivity index (χ4n) is 3.31. The SMILES string of the molecule is Cl.O=C(Nc1ccc2c(c1)CNCCO2)c1ccc2c(c1)CCC2. The third kappa shape index (κ3) is 3.40. The number of ether oxygens (including phenoxy) is 1. The molecular weight excluding hydrogens is 324 g/mol. The molecule has 24 heavy (non-hydrogen) atoms. The molecule has 0 bridgehead atoms. The number of carbonyl (C=O) groups is 1. The van der Waals surface area contributed by atoms with Crippen LogP contribution in [0.25, 0.3) is 0 Å². The Kier molecular flexibility index (Phi) is 5.07. The van der Waals surface area contributed by atoms with Crippen LogP contribution in [-0.4, -0.2) is 19.1 Å². The quantitative estimate of drug-likeness (QED) is 0.878. The molecule has 0 saturated heterocycles. The van der Waals surface area contributed by atoms with Gasteiger partial charge in [0.1, 0.15) is 12.4 Å². The molecule has 2 N–H and O–H groups in total. The van der Waals surface area contributed by atoms with Gasteiger partial charge in [-0.3, -0.25) is 4.79 Å². The molecule has 0 unspecified atom stereocenters. The molecule has 2 aromatic rings. The van der Waals surface area contributed by atoms with E-state index in [1.165, 1.54) is 17.5 Å². The number of benzene rings is 2. The molecule has 2 aliphatic rings. The summed E-state index contributed by atoms with van der Waals surface area (Å²) in [6.07, 6.45) is 3.41.